The van der Waals surface area contributed by atoms with Gasteiger partial charge >= 0.3 is 0 Å². The number of guanidine groups is 1. The number of ether oxygens (including phenoxy) is 1. The molecular formula is C10H20N6O. The number of nitrogens with two attached hydrogens (primary N) is 1. The van der Waals surface area contributed by atoms with Gasteiger partial charge in [0.2, 0.25) is 5.96 Å². The minimum absolute atomic E-state index is 0.463. The average molecular weight is 240 g/mol. The number of imidazole rings is 1. The van der Waals surface area contributed by atoms with E-state index in [0.717, 1.165) is 32.0 Å². The quantitative estimate of drug-likeness (QED) is 0.173. The Morgan fingerprint density at radius 2 is 2.53 bits per heavy atom. The van der Waals surface area contributed by atoms with Gasteiger partial charge < -0.3 is 15.0 Å². The maximum Gasteiger partial charge on any atom is 0.206 e. The highest BCUT2D eigenvalue weighted by molar-refractivity contribution is 5.79. The van der Waals surface area contributed by atoms with Crippen LogP contribution in [0.3, 0.4) is 0 Å². The highest BCUT2D eigenvalue weighted by Crippen LogP contribution is 1.90. The van der Waals surface area contributed by atoms with Crippen LogP contribution in [-0.2, 0) is 11.3 Å². The lowest BCUT2D eigenvalue weighted by molar-refractivity contribution is 0.145. The number of aromatic amines is 1. The lowest BCUT2D eigenvalue weighted by Gasteiger charge is -2.08. The molecule has 7 nitrogen and oxygen atoms in total. The molecular weight excluding hydrogens is 220 g/mol. The lowest BCUT2D eigenvalue weighted by Crippen LogP contribution is -2.42. The molecule has 96 valence electrons. The van der Waals surface area contributed by atoms with Crippen molar-refractivity contribution < 1.29 is 4.74 Å². The molecule has 0 atom stereocenters. The predicted molar refractivity (Wildman–Crippen MR) is 66.2 cm³/mol. The molecule has 0 unspecified atom stereocenters. The molecule has 7 heteroatoms. The summed E-state index contributed by atoms with van der Waals surface area (Å²) in [7, 11) is 0. The highest BCUT2D eigenvalue weighted by atomic mass is 16.5. The standard InChI is InChI=1S/C10H20N6O/c1-2-17-7-3-4-14-10(16-11)15-8-9-12-5-6-13-9/h5-6H,2-4,7-8,11H2,1H3,(H,12,13)(H2,14,15,16). The van der Waals surface area contributed by atoms with Gasteiger partial charge in [0, 0.05) is 32.2 Å². The molecule has 0 saturated heterocycles. The smallest absolute Gasteiger partial charge is 0.206 e. The van der Waals surface area contributed by atoms with Crippen LogP contribution >= 0.6 is 0 Å². The van der Waals surface area contributed by atoms with Crippen molar-refractivity contribution in [2.75, 3.05) is 19.8 Å². The number of nitrogens with one attached hydrogen (secondary N) is 3. The van der Waals surface area contributed by atoms with Crippen molar-refractivity contribution in [3.63, 3.8) is 0 Å². The van der Waals surface area contributed by atoms with Crippen LogP contribution in [0.2, 0.25) is 0 Å². The SMILES string of the molecule is CCOCCCNC(=NCc1ncc[nH]1)NN. The van der Waals surface area contributed by atoms with E-state index in [0.29, 0.717) is 12.5 Å². The number of nitrogens with zero attached hydrogens (tertiary/aromatic N) is 2. The van der Waals surface area contributed by atoms with Crippen LogP contribution in [0, 0.1) is 0 Å². The Labute approximate surface area is 101 Å². The van der Waals surface area contributed by atoms with E-state index in [1.807, 2.05) is 6.92 Å². The molecule has 0 aliphatic carbocycles. The summed E-state index contributed by atoms with van der Waals surface area (Å²) in [6.07, 6.45) is 4.36. The maximum atomic E-state index is 5.35. The lowest BCUT2D eigenvalue weighted by atomic mass is 10.4. The third-order valence-corrected chi connectivity index (χ3v) is 2.04. The van der Waals surface area contributed by atoms with Gasteiger partial charge in [-0.05, 0) is 13.3 Å². The monoisotopic (exact) mass is 240 g/mol. The van der Waals surface area contributed by atoms with Crippen LogP contribution in [0.4, 0.5) is 0 Å². The van der Waals surface area contributed by atoms with Crippen molar-refractivity contribution in [1.82, 2.24) is 20.7 Å². The number of hydrogen-bond donors (Lipinski definition) is 4. The van der Waals surface area contributed by atoms with Gasteiger partial charge in [0.05, 0.1) is 0 Å². The van der Waals surface area contributed by atoms with Crippen molar-refractivity contribution in [3.8, 4) is 0 Å². The summed E-state index contributed by atoms with van der Waals surface area (Å²) >= 11 is 0. The summed E-state index contributed by atoms with van der Waals surface area (Å²) in [6.45, 7) is 4.69. The summed E-state index contributed by atoms with van der Waals surface area (Å²) < 4.78 is 5.22. The highest BCUT2D eigenvalue weighted by Gasteiger charge is 1.97. The summed E-state index contributed by atoms with van der Waals surface area (Å²) in [5.41, 5.74) is 2.51. The van der Waals surface area contributed by atoms with Crippen molar-refractivity contribution >= 4 is 5.96 Å². The molecule has 1 aromatic heterocycles. The number of aromatic nitrogens is 2. The summed E-state index contributed by atoms with van der Waals surface area (Å²) in [5, 5.41) is 3.08. The number of H-pyrrole nitrogens is 1. The Morgan fingerprint density at radius 3 is 3.18 bits per heavy atom. The van der Waals surface area contributed by atoms with Gasteiger partial charge in [0.1, 0.15) is 12.4 Å². The fourth-order valence-corrected chi connectivity index (χ4v) is 1.22. The second kappa shape index (κ2) is 8.54. The average Bonchev–Trinajstić information content (AvgIpc) is 2.86. The topological polar surface area (TPSA) is 100 Å². The number of rotatable bonds is 7. The molecule has 5 N–H and O–H groups in total. The fraction of sp³-hybridized carbons (Fsp3) is 0.600. The summed E-state index contributed by atoms with van der Waals surface area (Å²) in [5.74, 6) is 6.70. The molecule has 1 heterocycles. The fourth-order valence-electron chi connectivity index (χ4n) is 1.22. The Balaban J connectivity index is 2.20. The minimum atomic E-state index is 0.463. The number of hydrazine groups is 1. The van der Waals surface area contributed by atoms with Gasteiger partial charge in [-0.1, -0.05) is 0 Å². The zero-order valence-electron chi connectivity index (χ0n) is 10.1. The first-order valence-corrected chi connectivity index (χ1v) is 5.67. The molecule has 0 saturated carbocycles. The Kier molecular flexibility index (Phi) is 6.76. The largest absolute Gasteiger partial charge is 0.382 e. The van der Waals surface area contributed by atoms with Gasteiger partial charge in [0.15, 0.2) is 0 Å². The molecule has 0 bridgehead atoms. The van der Waals surface area contributed by atoms with E-state index in [2.05, 4.69) is 25.7 Å². The predicted octanol–water partition coefficient (Wildman–Crippen LogP) is -0.255. The van der Waals surface area contributed by atoms with Crippen LogP contribution in [0.25, 0.3) is 0 Å². The molecule has 1 rings (SSSR count). The van der Waals surface area contributed by atoms with E-state index in [1.54, 1.807) is 12.4 Å². The first-order chi connectivity index (χ1) is 8.36. The molecule has 0 radical (unpaired) electrons. The van der Waals surface area contributed by atoms with E-state index in [9.17, 15) is 0 Å². The van der Waals surface area contributed by atoms with Crippen molar-refractivity contribution in [2.45, 2.75) is 19.9 Å². The molecule has 1 aromatic rings. The molecule has 0 aliphatic heterocycles. The third kappa shape index (κ3) is 5.88. The van der Waals surface area contributed by atoms with Crippen LogP contribution in [0.1, 0.15) is 19.2 Å². The van der Waals surface area contributed by atoms with Gasteiger partial charge in [0.25, 0.3) is 0 Å². The molecule has 0 fully saturated rings. The maximum absolute atomic E-state index is 5.35. The number of aliphatic imine (C=N–C) groups is 1. The zero-order valence-corrected chi connectivity index (χ0v) is 10.1. The van der Waals surface area contributed by atoms with Crippen LogP contribution in [0.15, 0.2) is 17.4 Å². The third-order valence-electron chi connectivity index (χ3n) is 2.04. The van der Waals surface area contributed by atoms with Gasteiger partial charge in [-0.2, -0.15) is 0 Å². The Hall–Kier alpha value is -1.60. The molecule has 0 aromatic carbocycles. The van der Waals surface area contributed by atoms with Gasteiger partial charge in [-0.3, -0.25) is 5.43 Å². The summed E-state index contributed by atoms with van der Waals surface area (Å²) in [4.78, 5) is 11.3. The molecule has 0 spiro atoms. The van der Waals surface area contributed by atoms with E-state index in [1.165, 1.54) is 0 Å². The van der Waals surface area contributed by atoms with Crippen molar-refractivity contribution in [1.29, 1.82) is 0 Å². The first kappa shape index (κ1) is 13.5. The van der Waals surface area contributed by atoms with E-state index >= 15 is 0 Å². The molecule has 0 amide bonds. The second-order valence-corrected chi connectivity index (χ2v) is 3.32. The van der Waals surface area contributed by atoms with Crippen LogP contribution in [0.5, 0.6) is 0 Å². The number of hydrogen-bond acceptors (Lipinski definition) is 4. The van der Waals surface area contributed by atoms with Crippen LogP contribution < -0.4 is 16.6 Å². The van der Waals surface area contributed by atoms with Crippen molar-refractivity contribution in [2.24, 2.45) is 10.8 Å². The van der Waals surface area contributed by atoms with Crippen LogP contribution in [-0.4, -0.2) is 35.7 Å². The normalized spacial score (nSPS) is 11.5. The van der Waals surface area contributed by atoms with Crippen molar-refractivity contribution in [3.05, 3.63) is 18.2 Å². The second-order valence-electron chi connectivity index (χ2n) is 3.32. The van der Waals surface area contributed by atoms with Gasteiger partial charge in [-0.15, -0.1) is 0 Å². The zero-order chi connectivity index (χ0) is 12.3. The molecule has 0 aliphatic rings. The van der Waals surface area contributed by atoms with Gasteiger partial charge in [-0.25, -0.2) is 15.8 Å². The Morgan fingerprint density at radius 1 is 1.65 bits per heavy atom. The van der Waals surface area contributed by atoms with E-state index in [4.69, 9.17) is 10.6 Å². The Bertz CT molecular complexity index is 311. The van der Waals surface area contributed by atoms with E-state index < -0.39 is 0 Å². The molecule has 17 heavy (non-hydrogen) atoms. The first-order valence-electron chi connectivity index (χ1n) is 5.67. The summed E-state index contributed by atoms with van der Waals surface area (Å²) in [6, 6.07) is 0. The van der Waals surface area contributed by atoms with E-state index in [-0.39, 0.29) is 0 Å². The minimum Gasteiger partial charge on any atom is -0.382 e.